The van der Waals surface area contributed by atoms with Gasteiger partial charge >= 0.3 is 0 Å². The molecule has 0 saturated carbocycles. The van der Waals surface area contributed by atoms with Gasteiger partial charge in [0.2, 0.25) is 0 Å². The van der Waals surface area contributed by atoms with E-state index in [9.17, 15) is 0 Å². The van der Waals surface area contributed by atoms with Crippen molar-refractivity contribution in [1.82, 2.24) is 19.5 Å². The summed E-state index contributed by atoms with van der Waals surface area (Å²) in [7, 11) is 0. The van der Waals surface area contributed by atoms with E-state index in [4.69, 9.17) is 5.73 Å². The molecule has 0 aromatic carbocycles. The van der Waals surface area contributed by atoms with Crippen molar-refractivity contribution in [2.24, 2.45) is 5.73 Å². The van der Waals surface area contributed by atoms with E-state index in [2.05, 4.69) is 26.8 Å². The van der Waals surface area contributed by atoms with Crippen LogP contribution in [0.4, 0.5) is 0 Å². The predicted octanol–water partition coefficient (Wildman–Crippen LogP) is 0.183. The summed E-state index contributed by atoms with van der Waals surface area (Å²) in [5, 5.41) is 0. The van der Waals surface area contributed by atoms with E-state index in [0.717, 1.165) is 5.56 Å². The summed E-state index contributed by atoms with van der Waals surface area (Å²) in [6, 6.07) is 0. The van der Waals surface area contributed by atoms with Gasteiger partial charge in [-0.25, -0.2) is 15.0 Å². The summed E-state index contributed by atoms with van der Waals surface area (Å²) in [6.07, 6.45) is 8.67. The maximum Gasteiger partial charge on any atom is 0.141 e. The van der Waals surface area contributed by atoms with Crippen molar-refractivity contribution in [3.63, 3.8) is 0 Å². The van der Waals surface area contributed by atoms with Crippen molar-refractivity contribution in [1.29, 1.82) is 0 Å². The molecule has 0 aliphatic carbocycles. The largest absolute Gasteiger partial charge is 0.326 e. The van der Waals surface area contributed by atoms with Gasteiger partial charge in [0.15, 0.2) is 0 Å². The zero-order valence-electron chi connectivity index (χ0n) is 8.67. The lowest BCUT2D eigenvalue weighted by Crippen LogP contribution is -2.02. The molecule has 0 amide bonds. The van der Waals surface area contributed by atoms with Crippen LogP contribution in [0, 0.1) is 11.8 Å². The fourth-order valence-electron chi connectivity index (χ4n) is 1.14. The van der Waals surface area contributed by atoms with E-state index in [-0.39, 0.29) is 0 Å². The fourth-order valence-corrected chi connectivity index (χ4v) is 1.14. The third-order valence-electron chi connectivity index (χ3n) is 1.94. The molecule has 0 unspecified atom stereocenters. The zero-order valence-corrected chi connectivity index (χ0v) is 8.67. The average molecular weight is 213 g/mol. The lowest BCUT2D eigenvalue weighted by molar-refractivity contribution is 0.839. The van der Waals surface area contributed by atoms with Crippen LogP contribution in [0.5, 0.6) is 0 Å². The Morgan fingerprint density at radius 3 is 2.75 bits per heavy atom. The molecular formula is C11H11N5. The third kappa shape index (κ3) is 2.65. The molecule has 0 saturated heterocycles. The minimum atomic E-state index is 0.350. The molecule has 2 aromatic heterocycles. The van der Waals surface area contributed by atoms with Crippen LogP contribution in [0.3, 0.4) is 0 Å². The molecular weight excluding hydrogens is 202 g/mol. The summed E-state index contributed by atoms with van der Waals surface area (Å²) in [5.41, 5.74) is 6.18. The Balaban J connectivity index is 2.01. The second-order valence-electron chi connectivity index (χ2n) is 3.13. The van der Waals surface area contributed by atoms with E-state index in [0.29, 0.717) is 18.9 Å². The summed E-state index contributed by atoms with van der Waals surface area (Å²) in [4.78, 5) is 12.0. The standard InChI is InChI=1S/C11H11N5/c12-6-11-14-7-10(8-15-11)2-1-4-16-5-3-13-9-16/h3,5,7-9H,4,6,12H2. The smallest absolute Gasteiger partial charge is 0.141 e. The molecule has 0 atom stereocenters. The average Bonchev–Trinajstić information content (AvgIpc) is 2.83. The molecule has 5 nitrogen and oxygen atoms in total. The van der Waals surface area contributed by atoms with Gasteiger partial charge in [-0.15, -0.1) is 0 Å². The van der Waals surface area contributed by atoms with Crippen LogP contribution in [0.2, 0.25) is 0 Å². The lowest BCUT2D eigenvalue weighted by Gasteiger charge is -1.94. The number of hydrogen-bond donors (Lipinski definition) is 1. The van der Waals surface area contributed by atoms with Gasteiger partial charge in [0.1, 0.15) is 5.82 Å². The maximum atomic E-state index is 5.39. The first kappa shape index (κ1) is 10.3. The fraction of sp³-hybridized carbons (Fsp3) is 0.182. The first-order valence-corrected chi connectivity index (χ1v) is 4.84. The molecule has 0 aliphatic rings. The molecule has 80 valence electrons. The maximum absolute atomic E-state index is 5.39. The van der Waals surface area contributed by atoms with Gasteiger partial charge < -0.3 is 10.3 Å². The van der Waals surface area contributed by atoms with Crippen molar-refractivity contribution < 1.29 is 0 Å². The van der Waals surface area contributed by atoms with Crippen molar-refractivity contribution in [2.45, 2.75) is 13.1 Å². The Morgan fingerprint density at radius 1 is 1.31 bits per heavy atom. The molecule has 2 N–H and O–H groups in total. The summed E-state index contributed by atoms with van der Waals surface area (Å²) in [5.74, 6) is 6.60. The first-order chi connectivity index (χ1) is 7.88. The van der Waals surface area contributed by atoms with Crippen LogP contribution in [0.15, 0.2) is 31.1 Å². The van der Waals surface area contributed by atoms with Gasteiger partial charge in [0.25, 0.3) is 0 Å². The van der Waals surface area contributed by atoms with Crippen molar-refractivity contribution >= 4 is 0 Å². The minimum Gasteiger partial charge on any atom is -0.326 e. The van der Waals surface area contributed by atoms with Crippen LogP contribution in [-0.2, 0) is 13.1 Å². The van der Waals surface area contributed by atoms with Crippen LogP contribution in [0.25, 0.3) is 0 Å². The molecule has 0 fully saturated rings. The Kier molecular flexibility index (Phi) is 3.26. The molecule has 0 radical (unpaired) electrons. The molecule has 2 rings (SSSR count). The Morgan fingerprint density at radius 2 is 2.12 bits per heavy atom. The summed E-state index contributed by atoms with van der Waals surface area (Å²) >= 11 is 0. The van der Waals surface area contributed by atoms with Crippen molar-refractivity contribution in [3.05, 3.63) is 42.5 Å². The molecule has 2 aromatic rings. The van der Waals surface area contributed by atoms with Gasteiger partial charge in [-0.1, -0.05) is 11.8 Å². The predicted molar refractivity (Wildman–Crippen MR) is 59.0 cm³/mol. The highest BCUT2D eigenvalue weighted by molar-refractivity contribution is 5.29. The molecule has 2 heterocycles. The van der Waals surface area contributed by atoms with Gasteiger partial charge in [-0.05, 0) is 0 Å². The normalized spacial score (nSPS) is 9.56. The minimum absolute atomic E-state index is 0.350. The quantitative estimate of drug-likeness (QED) is 0.723. The van der Waals surface area contributed by atoms with E-state index in [1.165, 1.54) is 0 Å². The second kappa shape index (κ2) is 5.05. The summed E-state index contributed by atoms with van der Waals surface area (Å²) < 4.78 is 1.89. The molecule has 16 heavy (non-hydrogen) atoms. The third-order valence-corrected chi connectivity index (χ3v) is 1.94. The van der Waals surface area contributed by atoms with Crippen LogP contribution >= 0.6 is 0 Å². The SMILES string of the molecule is NCc1ncc(C#CCn2ccnc2)cn1. The van der Waals surface area contributed by atoms with E-state index >= 15 is 0 Å². The van der Waals surface area contributed by atoms with Gasteiger partial charge in [0, 0.05) is 24.8 Å². The second-order valence-corrected chi connectivity index (χ2v) is 3.13. The van der Waals surface area contributed by atoms with Gasteiger partial charge in [-0.3, -0.25) is 0 Å². The van der Waals surface area contributed by atoms with Crippen LogP contribution in [0.1, 0.15) is 11.4 Å². The number of aromatic nitrogens is 4. The molecule has 0 spiro atoms. The highest BCUT2D eigenvalue weighted by Crippen LogP contribution is 1.93. The van der Waals surface area contributed by atoms with E-state index < -0.39 is 0 Å². The Bertz CT molecular complexity index is 489. The zero-order chi connectivity index (χ0) is 11.2. The monoisotopic (exact) mass is 213 g/mol. The first-order valence-electron chi connectivity index (χ1n) is 4.84. The molecule has 0 aliphatic heterocycles. The van der Waals surface area contributed by atoms with E-state index in [1.54, 1.807) is 24.9 Å². The number of imidazole rings is 1. The number of nitrogens with zero attached hydrogens (tertiary/aromatic N) is 4. The number of rotatable bonds is 2. The highest BCUT2D eigenvalue weighted by atomic mass is 15.0. The summed E-state index contributed by atoms with van der Waals surface area (Å²) in [6.45, 7) is 0.960. The van der Waals surface area contributed by atoms with Crippen molar-refractivity contribution in [3.8, 4) is 11.8 Å². The lowest BCUT2D eigenvalue weighted by atomic mass is 10.3. The van der Waals surface area contributed by atoms with Gasteiger partial charge in [-0.2, -0.15) is 0 Å². The topological polar surface area (TPSA) is 69.6 Å². The van der Waals surface area contributed by atoms with Crippen LogP contribution in [-0.4, -0.2) is 19.5 Å². The van der Waals surface area contributed by atoms with Crippen LogP contribution < -0.4 is 5.73 Å². The van der Waals surface area contributed by atoms with E-state index in [1.807, 2.05) is 10.8 Å². The Labute approximate surface area is 93.4 Å². The highest BCUT2D eigenvalue weighted by Gasteiger charge is 1.91. The number of hydrogen-bond acceptors (Lipinski definition) is 4. The number of nitrogens with two attached hydrogens (primary N) is 1. The molecule has 5 heteroatoms. The van der Waals surface area contributed by atoms with Crippen molar-refractivity contribution in [2.75, 3.05) is 0 Å². The Hall–Kier alpha value is -2.19. The van der Waals surface area contributed by atoms with Gasteiger partial charge in [0.05, 0.1) is 25.0 Å². The molecule has 0 bridgehead atoms.